The van der Waals surface area contributed by atoms with E-state index < -0.39 is 0 Å². The third-order valence-electron chi connectivity index (χ3n) is 7.40. The van der Waals surface area contributed by atoms with Crippen molar-refractivity contribution in [3.8, 4) is 10.4 Å². The highest BCUT2D eigenvalue weighted by Crippen LogP contribution is 2.44. The molecule has 1 atom stereocenters. The summed E-state index contributed by atoms with van der Waals surface area (Å²) in [5, 5.41) is 11.0. The van der Waals surface area contributed by atoms with E-state index in [2.05, 4.69) is 37.6 Å². The van der Waals surface area contributed by atoms with Crippen molar-refractivity contribution in [3.05, 3.63) is 41.2 Å². The monoisotopic (exact) mass is 463 g/mol. The molecule has 1 aliphatic carbocycles. The summed E-state index contributed by atoms with van der Waals surface area (Å²) in [6.07, 6.45) is 11.7. The van der Waals surface area contributed by atoms with Gasteiger partial charge in [0.2, 0.25) is 0 Å². The van der Waals surface area contributed by atoms with Gasteiger partial charge in [0, 0.05) is 25.7 Å². The van der Waals surface area contributed by atoms with Gasteiger partial charge in [-0.05, 0) is 49.3 Å². The number of rotatable bonds is 5. The maximum Gasteiger partial charge on any atom is 0.261 e. The fourth-order valence-corrected chi connectivity index (χ4v) is 6.92. The molecule has 33 heavy (non-hydrogen) atoms. The Morgan fingerprint density at radius 2 is 2.03 bits per heavy atom. The van der Waals surface area contributed by atoms with Crippen LogP contribution >= 0.6 is 11.3 Å². The molecular weight excluding hydrogens is 434 g/mol. The number of anilines is 1. The van der Waals surface area contributed by atoms with Gasteiger partial charge in [-0.2, -0.15) is 0 Å². The molecular formula is C25H29N5O2S. The number of imidazole rings is 1. The molecule has 4 heterocycles. The predicted octanol–water partition coefficient (Wildman–Crippen LogP) is 4.72. The summed E-state index contributed by atoms with van der Waals surface area (Å²) < 4.78 is 2.35. The lowest BCUT2D eigenvalue weighted by Gasteiger charge is -2.23. The maximum absolute atomic E-state index is 12.8. The molecule has 1 aliphatic heterocycles. The van der Waals surface area contributed by atoms with Crippen LogP contribution in [0.2, 0.25) is 0 Å². The van der Waals surface area contributed by atoms with Crippen LogP contribution in [0.5, 0.6) is 0 Å². The zero-order valence-corrected chi connectivity index (χ0v) is 19.5. The molecule has 0 radical (unpaired) electrons. The van der Waals surface area contributed by atoms with Crippen LogP contribution in [-0.2, 0) is 0 Å². The van der Waals surface area contributed by atoms with Gasteiger partial charge in [0.25, 0.3) is 5.56 Å². The number of hydrogen-bond acceptors (Lipinski definition) is 6. The summed E-state index contributed by atoms with van der Waals surface area (Å²) in [6.45, 7) is 1.98. The SMILES string of the molecule is O=c1[nH]cnc2c(-c3ccc4c(c3)ncn4C3CCCCC3)sc(N3CCC(CCO)C3)c12. The van der Waals surface area contributed by atoms with Gasteiger partial charge in [0.15, 0.2) is 0 Å². The van der Waals surface area contributed by atoms with Gasteiger partial charge >= 0.3 is 0 Å². The number of aliphatic hydroxyl groups excluding tert-OH is 1. The van der Waals surface area contributed by atoms with Gasteiger partial charge in [-0.15, -0.1) is 11.3 Å². The number of hydrogen-bond donors (Lipinski definition) is 2. The molecule has 0 bridgehead atoms. The Morgan fingerprint density at radius 3 is 2.88 bits per heavy atom. The van der Waals surface area contributed by atoms with Crippen molar-refractivity contribution in [2.45, 2.75) is 51.0 Å². The van der Waals surface area contributed by atoms with Crippen LogP contribution in [0.15, 0.2) is 35.6 Å². The second-order valence-electron chi connectivity index (χ2n) is 9.45. The lowest BCUT2D eigenvalue weighted by atomic mass is 9.95. The lowest BCUT2D eigenvalue weighted by molar-refractivity contribution is 0.263. The zero-order valence-electron chi connectivity index (χ0n) is 18.7. The van der Waals surface area contributed by atoms with Crippen LogP contribution in [0.3, 0.4) is 0 Å². The molecule has 1 saturated heterocycles. The standard InChI is InChI=1S/C25H29N5O2S/c31-11-9-16-8-10-29(13-16)25-21-22(26-14-27-24(21)32)23(33-25)17-6-7-20-19(12-17)28-15-30(20)18-4-2-1-3-5-18/h6-7,12,14-16,18,31H,1-5,8-11,13H2,(H,26,27,32). The molecule has 2 fully saturated rings. The van der Waals surface area contributed by atoms with Crippen molar-refractivity contribution in [2.75, 3.05) is 24.6 Å². The topological polar surface area (TPSA) is 87.0 Å². The second-order valence-corrected chi connectivity index (χ2v) is 10.5. The Kier molecular flexibility index (Phi) is 5.42. The van der Waals surface area contributed by atoms with E-state index in [1.807, 2.05) is 6.33 Å². The number of aromatic nitrogens is 4. The number of benzene rings is 1. The molecule has 7 nitrogen and oxygen atoms in total. The van der Waals surface area contributed by atoms with Gasteiger partial charge in [0.05, 0.1) is 34.1 Å². The Morgan fingerprint density at radius 1 is 1.15 bits per heavy atom. The van der Waals surface area contributed by atoms with E-state index >= 15 is 0 Å². The molecule has 1 aromatic carbocycles. The first kappa shape index (κ1) is 20.9. The smallest absolute Gasteiger partial charge is 0.261 e. The zero-order chi connectivity index (χ0) is 22.4. The summed E-state index contributed by atoms with van der Waals surface area (Å²) in [7, 11) is 0. The number of H-pyrrole nitrogens is 1. The average Bonchev–Trinajstić information content (AvgIpc) is 3.56. The van der Waals surface area contributed by atoms with Crippen LogP contribution < -0.4 is 10.5 Å². The van der Waals surface area contributed by atoms with E-state index in [-0.39, 0.29) is 12.2 Å². The van der Waals surface area contributed by atoms with Crippen LogP contribution in [0.4, 0.5) is 5.00 Å². The third-order valence-corrected chi connectivity index (χ3v) is 8.69. The van der Waals surface area contributed by atoms with Crippen LogP contribution in [0.1, 0.15) is 51.0 Å². The van der Waals surface area contributed by atoms with E-state index in [9.17, 15) is 9.90 Å². The highest BCUT2D eigenvalue weighted by molar-refractivity contribution is 7.21. The summed E-state index contributed by atoms with van der Waals surface area (Å²) in [6, 6.07) is 7.02. The summed E-state index contributed by atoms with van der Waals surface area (Å²) in [5.74, 6) is 0.464. The van der Waals surface area contributed by atoms with Crippen LogP contribution in [0.25, 0.3) is 32.4 Å². The maximum atomic E-state index is 12.8. The highest BCUT2D eigenvalue weighted by atomic mass is 32.1. The molecule has 2 aliphatic rings. The molecule has 8 heteroatoms. The fraction of sp³-hybridized carbons (Fsp3) is 0.480. The second kappa shape index (κ2) is 8.57. The highest BCUT2D eigenvalue weighted by Gasteiger charge is 2.28. The summed E-state index contributed by atoms with van der Waals surface area (Å²) >= 11 is 1.65. The van der Waals surface area contributed by atoms with Crippen molar-refractivity contribution in [2.24, 2.45) is 5.92 Å². The van der Waals surface area contributed by atoms with Gasteiger partial charge in [-0.1, -0.05) is 25.3 Å². The largest absolute Gasteiger partial charge is 0.396 e. The van der Waals surface area contributed by atoms with Crippen molar-refractivity contribution < 1.29 is 5.11 Å². The first-order valence-electron chi connectivity index (χ1n) is 12.1. The lowest BCUT2D eigenvalue weighted by Crippen LogP contribution is -2.20. The van der Waals surface area contributed by atoms with E-state index in [4.69, 9.17) is 4.98 Å². The minimum absolute atomic E-state index is 0.0919. The van der Waals surface area contributed by atoms with Gasteiger partial charge in [-0.3, -0.25) is 4.79 Å². The Bertz CT molecular complexity index is 1350. The molecule has 3 aromatic heterocycles. The molecule has 4 aromatic rings. The first-order chi connectivity index (χ1) is 16.2. The van der Waals surface area contributed by atoms with Crippen molar-refractivity contribution in [1.29, 1.82) is 0 Å². The number of thiophene rings is 1. The predicted molar refractivity (Wildman–Crippen MR) is 133 cm³/mol. The number of nitrogens with zero attached hydrogens (tertiary/aromatic N) is 4. The van der Waals surface area contributed by atoms with Crippen molar-refractivity contribution in [3.63, 3.8) is 0 Å². The van der Waals surface area contributed by atoms with Crippen molar-refractivity contribution >= 4 is 38.3 Å². The number of aromatic amines is 1. The molecule has 172 valence electrons. The molecule has 0 amide bonds. The Labute approximate surface area is 196 Å². The molecule has 1 unspecified atom stereocenters. The Hall–Kier alpha value is -2.71. The van der Waals surface area contributed by atoms with Gasteiger partial charge in [0.1, 0.15) is 10.4 Å². The fourth-order valence-electron chi connectivity index (χ4n) is 5.64. The molecule has 0 spiro atoms. The van der Waals surface area contributed by atoms with Crippen LogP contribution in [-0.4, -0.2) is 44.3 Å². The number of nitrogens with one attached hydrogen (secondary N) is 1. The number of fused-ring (bicyclic) bond motifs is 2. The number of aliphatic hydroxyl groups is 1. The Balaban J connectivity index is 1.41. The summed E-state index contributed by atoms with van der Waals surface area (Å²) in [5.41, 5.74) is 3.90. The average molecular weight is 464 g/mol. The minimum Gasteiger partial charge on any atom is -0.396 e. The third kappa shape index (κ3) is 3.65. The quantitative estimate of drug-likeness (QED) is 0.447. The van der Waals surface area contributed by atoms with Gasteiger partial charge < -0.3 is 19.6 Å². The van der Waals surface area contributed by atoms with E-state index in [0.29, 0.717) is 17.3 Å². The van der Waals surface area contributed by atoms with Crippen molar-refractivity contribution in [1.82, 2.24) is 19.5 Å². The minimum atomic E-state index is -0.0919. The molecule has 6 rings (SSSR count). The van der Waals surface area contributed by atoms with E-state index in [1.165, 1.54) is 43.9 Å². The molecule has 2 N–H and O–H groups in total. The first-order valence-corrected chi connectivity index (χ1v) is 12.9. The van der Waals surface area contributed by atoms with Gasteiger partial charge in [-0.25, -0.2) is 9.97 Å². The summed E-state index contributed by atoms with van der Waals surface area (Å²) in [4.78, 5) is 28.2. The van der Waals surface area contributed by atoms with E-state index in [1.54, 1.807) is 11.3 Å². The normalized spacial score (nSPS) is 19.8. The van der Waals surface area contributed by atoms with E-state index in [0.717, 1.165) is 52.4 Å². The molecule has 1 saturated carbocycles. The van der Waals surface area contributed by atoms with Crippen LogP contribution in [0, 0.1) is 5.92 Å².